The van der Waals surface area contributed by atoms with E-state index in [9.17, 15) is 9.59 Å². The predicted molar refractivity (Wildman–Crippen MR) is 110 cm³/mol. The number of anilines is 3. The molecule has 2 amide bonds. The molecule has 142 valence electrons. The van der Waals surface area contributed by atoms with Crippen LogP contribution in [0.2, 0.25) is 10.0 Å². The fourth-order valence-corrected chi connectivity index (χ4v) is 3.35. The summed E-state index contributed by atoms with van der Waals surface area (Å²) in [6.45, 7) is 4.57. The van der Waals surface area contributed by atoms with Gasteiger partial charge in [0.2, 0.25) is 0 Å². The third-order valence-corrected chi connectivity index (χ3v) is 5.23. The Morgan fingerprint density at radius 3 is 2.19 bits per heavy atom. The van der Waals surface area contributed by atoms with Crippen molar-refractivity contribution in [2.45, 2.75) is 26.3 Å². The lowest BCUT2D eigenvalue weighted by Gasteiger charge is -2.26. The van der Waals surface area contributed by atoms with Crippen LogP contribution in [0, 0.1) is 5.92 Å². The average Bonchev–Trinajstić information content (AvgIpc) is 2.71. The van der Waals surface area contributed by atoms with E-state index in [0.29, 0.717) is 39.6 Å². The van der Waals surface area contributed by atoms with Gasteiger partial charge in [-0.25, -0.2) is 0 Å². The van der Waals surface area contributed by atoms with Crippen molar-refractivity contribution in [1.82, 2.24) is 0 Å². The first-order valence-corrected chi connectivity index (χ1v) is 9.52. The van der Waals surface area contributed by atoms with E-state index in [1.165, 1.54) is 4.90 Å². The van der Waals surface area contributed by atoms with Crippen molar-refractivity contribution in [3.05, 3.63) is 52.5 Å². The molecule has 1 aliphatic heterocycles. The Balaban J connectivity index is 2.22. The number of hydrogen-bond acceptors (Lipinski definition) is 3. The van der Waals surface area contributed by atoms with Gasteiger partial charge in [-0.05, 0) is 36.6 Å². The average molecular weight is 406 g/mol. The first-order valence-electron chi connectivity index (χ1n) is 8.76. The number of halogens is 2. The summed E-state index contributed by atoms with van der Waals surface area (Å²) in [5.41, 5.74) is 7.68. The van der Waals surface area contributed by atoms with Crippen molar-refractivity contribution in [3.63, 3.8) is 0 Å². The van der Waals surface area contributed by atoms with Gasteiger partial charge in [0.25, 0.3) is 11.8 Å². The molecule has 0 aromatic heterocycles. The molecule has 0 saturated carbocycles. The van der Waals surface area contributed by atoms with Crippen molar-refractivity contribution in [2.75, 3.05) is 16.3 Å². The molecule has 27 heavy (non-hydrogen) atoms. The first kappa shape index (κ1) is 19.7. The van der Waals surface area contributed by atoms with Crippen LogP contribution in [0.5, 0.6) is 0 Å². The van der Waals surface area contributed by atoms with Crippen molar-refractivity contribution in [2.24, 2.45) is 11.7 Å². The van der Waals surface area contributed by atoms with Crippen LogP contribution in [0.25, 0.3) is 0 Å². The molecule has 1 unspecified atom stereocenters. The Morgan fingerprint density at radius 1 is 1.00 bits per heavy atom. The maximum absolute atomic E-state index is 13.1. The summed E-state index contributed by atoms with van der Waals surface area (Å²) in [7, 11) is 0. The van der Waals surface area contributed by atoms with Crippen LogP contribution < -0.4 is 15.5 Å². The molecule has 7 heteroatoms. The minimum atomic E-state index is -1.30. The number of carbonyl (C=O) groups is 2. The van der Waals surface area contributed by atoms with E-state index < -0.39 is 17.9 Å². The molecule has 0 bridgehead atoms. The van der Waals surface area contributed by atoms with Crippen molar-refractivity contribution in [3.8, 4) is 0 Å². The highest BCUT2D eigenvalue weighted by molar-refractivity contribution is 6.43. The highest BCUT2D eigenvalue weighted by atomic mass is 35.5. The van der Waals surface area contributed by atoms with E-state index >= 15 is 0 Å². The van der Waals surface area contributed by atoms with E-state index in [-0.39, 0.29) is 0 Å². The molecule has 0 fully saturated rings. The van der Waals surface area contributed by atoms with Gasteiger partial charge in [0, 0.05) is 12.2 Å². The number of benzene rings is 2. The van der Waals surface area contributed by atoms with Crippen LogP contribution in [-0.2, 0) is 9.59 Å². The zero-order valence-corrected chi connectivity index (χ0v) is 16.7. The van der Waals surface area contributed by atoms with Gasteiger partial charge < -0.3 is 10.6 Å². The summed E-state index contributed by atoms with van der Waals surface area (Å²) in [6, 6.07) is 11.0. The monoisotopic (exact) mass is 405 g/mol. The second-order valence-electron chi connectivity index (χ2n) is 6.91. The largest absolute Gasteiger partial charge is 0.312 e. The minimum absolute atomic E-state index is 0.302. The molecular weight excluding hydrogens is 385 g/mol. The topological polar surface area (TPSA) is 66.6 Å². The van der Waals surface area contributed by atoms with Crippen LogP contribution >= 0.6 is 23.2 Å². The summed E-state index contributed by atoms with van der Waals surface area (Å²) < 4.78 is 0. The van der Waals surface area contributed by atoms with Gasteiger partial charge in [0.05, 0.1) is 21.4 Å². The maximum atomic E-state index is 13.1. The van der Waals surface area contributed by atoms with Crippen molar-refractivity contribution >= 4 is 52.1 Å². The lowest BCUT2D eigenvalue weighted by molar-refractivity contribution is -0.127. The van der Waals surface area contributed by atoms with Crippen molar-refractivity contribution in [1.29, 1.82) is 0 Å². The number of nitrogens with zero attached hydrogens (tertiary/aromatic N) is 2. The van der Waals surface area contributed by atoms with E-state index in [2.05, 4.69) is 13.8 Å². The Morgan fingerprint density at radius 2 is 1.59 bits per heavy atom. The molecule has 1 heterocycles. The number of fused-ring (bicyclic) bond motifs is 1. The Labute approximate surface area is 168 Å². The first-order chi connectivity index (χ1) is 12.8. The number of hydrogen-bond donors (Lipinski definition) is 1. The molecule has 2 aromatic carbocycles. The second-order valence-corrected chi connectivity index (χ2v) is 7.73. The molecule has 2 N–H and O–H groups in total. The Kier molecular flexibility index (Phi) is 5.75. The minimum Gasteiger partial charge on any atom is -0.312 e. The maximum Gasteiger partial charge on any atom is 0.258 e. The highest BCUT2D eigenvalue weighted by Crippen LogP contribution is 2.42. The molecule has 5 nitrogen and oxygen atoms in total. The third kappa shape index (κ3) is 3.81. The highest BCUT2D eigenvalue weighted by Gasteiger charge is 2.39. The van der Waals surface area contributed by atoms with Crippen LogP contribution in [-0.4, -0.2) is 24.4 Å². The third-order valence-electron chi connectivity index (χ3n) is 4.51. The fourth-order valence-electron chi connectivity index (χ4n) is 3.03. The fraction of sp³-hybridized carbons (Fsp3) is 0.300. The number of carbonyl (C=O) groups excluding carboxylic acids is 2. The molecule has 0 spiro atoms. The van der Waals surface area contributed by atoms with E-state index in [4.69, 9.17) is 28.9 Å². The molecular formula is C20H21Cl2N3O2. The van der Waals surface area contributed by atoms with Gasteiger partial charge in [0.15, 0.2) is 6.04 Å². The SMILES string of the molecule is CC(C)CCN1C(=O)C(N)C(=O)N(c2ccccc2)c2cc(Cl)c(Cl)cc21. The van der Waals surface area contributed by atoms with E-state index in [1.54, 1.807) is 29.2 Å². The zero-order valence-electron chi connectivity index (χ0n) is 15.2. The Bertz CT molecular complexity index is 871. The molecule has 0 aliphatic carbocycles. The molecule has 3 rings (SSSR count). The summed E-state index contributed by atoms with van der Waals surface area (Å²) in [5, 5.41) is 0.615. The van der Waals surface area contributed by atoms with Gasteiger partial charge in [0.1, 0.15) is 0 Å². The quantitative estimate of drug-likeness (QED) is 0.767. The lowest BCUT2D eigenvalue weighted by atomic mass is 10.1. The predicted octanol–water partition coefficient (Wildman–Crippen LogP) is 4.38. The molecule has 0 radical (unpaired) electrons. The van der Waals surface area contributed by atoms with E-state index in [0.717, 1.165) is 6.42 Å². The lowest BCUT2D eigenvalue weighted by Crippen LogP contribution is -2.50. The number of nitrogens with two attached hydrogens (primary N) is 1. The van der Waals surface area contributed by atoms with Crippen LogP contribution in [0.15, 0.2) is 42.5 Å². The molecule has 0 saturated heterocycles. The summed E-state index contributed by atoms with van der Waals surface area (Å²) >= 11 is 12.5. The smallest absolute Gasteiger partial charge is 0.258 e. The van der Waals surface area contributed by atoms with Crippen LogP contribution in [0.3, 0.4) is 0 Å². The number of para-hydroxylation sites is 1. The van der Waals surface area contributed by atoms with Gasteiger partial charge in [-0.15, -0.1) is 0 Å². The summed E-state index contributed by atoms with van der Waals surface area (Å²) in [6.07, 6.45) is 0.762. The number of amides is 2. The zero-order chi connectivity index (χ0) is 19.7. The standard InChI is InChI=1S/C20H21Cl2N3O2/c1-12(2)8-9-24-16-10-14(21)15(22)11-17(16)25(13-6-4-3-5-7-13)20(27)18(23)19(24)26/h3-7,10-12,18H,8-9,23H2,1-2H3. The summed E-state index contributed by atoms with van der Waals surface area (Å²) in [4.78, 5) is 29.0. The van der Waals surface area contributed by atoms with Gasteiger partial charge >= 0.3 is 0 Å². The van der Waals surface area contributed by atoms with Gasteiger partial charge in [-0.1, -0.05) is 55.2 Å². The van der Waals surface area contributed by atoms with Crippen LogP contribution in [0.1, 0.15) is 20.3 Å². The van der Waals surface area contributed by atoms with Gasteiger partial charge in [-0.2, -0.15) is 0 Å². The second kappa shape index (κ2) is 7.89. The Hall–Kier alpha value is -2.08. The summed E-state index contributed by atoms with van der Waals surface area (Å²) in [5.74, 6) is -0.568. The number of rotatable bonds is 4. The van der Waals surface area contributed by atoms with Gasteiger partial charge in [-0.3, -0.25) is 14.5 Å². The van der Waals surface area contributed by atoms with Crippen LogP contribution in [0.4, 0.5) is 17.1 Å². The van der Waals surface area contributed by atoms with E-state index in [1.807, 2.05) is 18.2 Å². The molecule has 1 aliphatic rings. The molecule has 1 atom stereocenters. The van der Waals surface area contributed by atoms with Crippen molar-refractivity contribution < 1.29 is 9.59 Å². The normalized spacial score (nSPS) is 17.3. The molecule has 2 aromatic rings.